The molecule has 0 atom stereocenters. The Morgan fingerprint density at radius 3 is 2.95 bits per heavy atom. The van der Waals surface area contributed by atoms with Crippen molar-refractivity contribution < 1.29 is 13.9 Å². The fourth-order valence-corrected chi connectivity index (χ4v) is 1.87. The van der Waals surface area contributed by atoms with Crippen LogP contribution in [0, 0.1) is 0 Å². The van der Waals surface area contributed by atoms with E-state index in [1.807, 2.05) is 6.92 Å². The molecule has 0 saturated heterocycles. The molecule has 0 unspecified atom stereocenters. The number of carbonyl (C=O) groups excluding carboxylic acids is 1. The highest BCUT2D eigenvalue weighted by Crippen LogP contribution is 2.11. The molecule has 1 N–H and O–H groups in total. The van der Waals surface area contributed by atoms with E-state index in [0.29, 0.717) is 30.9 Å². The fraction of sp³-hybridized carbons (Fsp3) is 0.333. The zero-order valence-electron chi connectivity index (χ0n) is 11.9. The van der Waals surface area contributed by atoms with Crippen molar-refractivity contribution in [1.82, 2.24) is 9.88 Å². The van der Waals surface area contributed by atoms with E-state index in [4.69, 9.17) is 9.15 Å². The number of amides is 1. The number of ether oxygens (including phenoxy) is 1. The summed E-state index contributed by atoms with van der Waals surface area (Å²) in [5.74, 6) is -0.799. The second-order valence-electron chi connectivity index (χ2n) is 4.78. The van der Waals surface area contributed by atoms with Gasteiger partial charge in [0, 0.05) is 6.54 Å². The Morgan fingerprint density at radius 2 is 2.19 bits per heavy atom. The minimum Gasteiger partial charge on any atom is -0.408 e. The molecule has 21 heavy (non-hydrogen) atoms. The van der Waals surface area contributed by atoms with E-state index in [2.05, 4.69) is 11.9 Å². The van der Waals surface area contributed by atoms with Crippen molar-refractivity contribution in [2.75, 3.05) is 19.8 Å². The summed E-state index contributed by atoms with van der Waals surface area (Å²) >= 11 is 0. The number of hydrogen-bond acceptors (Lipinski definition) is 4. The Hall–Kier alpha value is -2.34. The predicted molar refractivity (Wildman–Crippen MR) is 79.1 cm³/mol. The molecule has 1 amide bonds. The number of rotatable bonds is 7. The summed E-state index contributed by atoms with van der Waals surface area (Å²) in [6.45, 7) is 6.77. The number of hydrogen-bond donors (Lipinski definition) is 1. The lowest BCUT2D eigenvalue weighted by molar-refractivity contribution is -0.121. The first-order valence-corrected chi connectivity index (χ1v) is 6.65. The standard InChI is InChI=1S/C15H18N2O4/c1-11(2)10-20-8-7-16-14(18)9-17-12-5-3-4-6-13(12)21-15(17)19/h3-6H,1,7-10H2,2H3,(H,16,18). The number of carbonyl (C=O) groups is 1. The first-order valence-electron chi connectivity index (χ1n) is 6.65. The molecule has 0 aliphatic rings. The molecule has 0 fully saturated rings. The van der Waals surface area contributed by atoms with Crippen LogP contribution < -0.4 is 11.1 Å². The third-order valence-corrected chi connectivity index (χ3v) is 2.79. The summed E-state index contributed by atoms with van der Waals surface area (Å²) in [4.78, 5) is 23.5. The van der Waals surface area contributed by atoms with Crippen molar-refractivity contribution in [3.05, 3.63) is 47.0 Å². The highest BCUT2D eigenvalue weighted by Gasteiger charge is 2.11. The maximum absolute atomic E-state index is 11.8. The van der Waals surface area contributed by atoms with Gasteiger partial charge in [0.05, 0.1) is 18.7 Å². The molecule has 0 aliphatic heterocycles. The Balaban J connectivity index is 1.88. The smallest absolute Gasteiger partial charge is 0.408 e. The van der Waals surface area contributed by atoms with Gasteiger partial charge in [-0.1, -0.05) is 24.3 Å². The Morgan fingerprint density at radius 1 is 1.43 bits per heavy atom. The third-order valence-electron chi connectivity index (χ3n) is 2.79. The highest BCUT2D eigenvalue weighted by atomic mass is 16.5. The lowest BCUT2D eigenvalue weighted by atomic mass is 10.3. The molecule has 2 aromatic rings. The number of fused-ring (bicyclic) bond motifs is 1. The van der Waals surface area contributed by atoms with E-state index in [1.165, 1.54) is 4.57 Å². The molecule has 6 heteroatoms. The Labute approximate surface area is 122 Å². The fourth-order valence-electron chi connectivity index (χ4n) is 1.87. The van der Waals surface area contributed by atoms with Crippen molar-refractivity contribution in [1.29, 1.82) is 0 Å². The van der Waals surface area contributed by atoms with Gasteiger partial charge in [0.2, 0.25) is 5.91 Å². The molecular formula is C15H18N2O4. The summed E-state index contributed by atoms with van der Waals surface area (Å²) in [7, 11) is 0. The van der Waals surface area contributed by atoms with Crippen LogP contribution in [0.2, 0.25) is 0 Å². The zero-order chi connectivity index (χ0) is 15.2. The minimum absolute atomic E-state index is 0.0731. The zero-order valence-corrected chi connectivity index (χ0v) is 11.9. The molecule has 0 saturated carbocycles. The monoisotopic (exact) mass is 290 g/mol. The second-order valence-corrected chi connectivity index (χ2v) is 4.78. The Kier molecular flexibility index (Phi) is 4.94. The van der Waals surface area contributed by atoms with Crippen LogP contribution in [-0.4, -0.2) is 30.2 Å². The van der Waals surface area contributed by atoms with Crippen molar-refractivity contribution in [3.8, 4) is 0 Å². The van der Waals surface area contributed by atoms with E-state index < -0.39 is 5.76 Å². The SMILES string of the molecule is C=C(C)COCCNC(=O)Cn1c(=O)oc2ccccc21. The molecule has 0 spiro atoms. The van der Waals surface area contributed by atoms with E-state index >= 15 is 0 Å². The van der Waals surface area contributed by atoms with Gasteiger partial charge in [0.1, 0.15) is 6.54 Å². The molecule has 0 bridgehead atoms. The molecular weight excluding hydrogens is 272 g/mol. The van der Waals surface area contributed by atoms with Gasteiger partial charge in [-0.15, -0.1) is 0 Å². The second kappa shape index (κ2) is 6.90. The van der Waals surface area contributed by atoms with Crippen LogP contribution in [0.25, 0.3) is 11.1 Å². The molecule has 1 aromatic carbocycles. The molecule has 112 valence electrons. The first-order chi connectivity index (χ1) is 10.1. The van der Waals surface area contributed by atoms with Gasteiger partial charge in [-0.2, -0.15) is 0 Å². The van der Waals surface area contributed by atoms with Crippen molar-refractivity contribution in [3.63, 3.8) is 0 Å². The number of nitrogens with one attached hydrogen (secondary N) is 1. The lowest BCUT2D eigenvalue weighted by Crippen LogP contribution is -2.33. The van der Waals surface area contributed by atoms with Gasteiger partial charge in [-0.25, -0.2) is 4.79 Å². The van der Waals surface area contributed by atoms with Crippen LogP contribution in [0.4, 0.5) is 0 Å². The maximum Gasteiger partial charge on any atom is 0.420 e. The highest BCUT2D eigenvalue weighted by molar-refractivity contribution is 5.79. The quantitative estimate of drug-likeness (QED) is 0.616. The summed E-state index contributed by atoms with van der Waals surface area (Å²) < 4.78 is 11.6. The number of para-hydroxylation sites is 2. The topological polar surface area (TPSA) is 73.5 Å². The third kappa shape index (κ3) is 4.06. The van der Waals surface area contributed by atoms with Crippen LogP contribution in [0.15, 0.2) is 45.6 Å². The van der Waals surface area contributed by atoms with Gasteiger partial charge >= 0.3 is 5.76 Å². The Bertz CT molecular complexity index is 699. The summed E-state index contributed by atoms with van der Waals surface area (Å²) in [5.41, 5.74) is 2.01. The van der Waals surface area contributed by atoms with Crippen molar-refractivity contribution >= 4 is 17.0 Å². The average Bonchev–Trinajstić information content (AvgIpc) is 2.74. The van der Waals surface area contributed by atoms with Crippen LogP contribution in [0.3, 0.4) is 0 Å². The maximum atomic E-state index is 11.8. The van der Waals surface area contributed by atoms with E-state index in [-0.39, 0.29) is 12.5 Å². The van der Waals surface area contributed by atoms with Crippen LogP contribution in [-0.2, 0) is 16.1 Å². The van der Waals surface area contributed by atoms with Gasteiger partial charge in [-0.05, 0) is 19.1 Å². The van der Waals surface area contributed by atoms with Gasteiger partial charge in [0.25, 0.3) is 0 Å². The van der Waals surface area contributed by atoms with Gasteiger partial charge < -0.3 is 14.5 Å². The number of nitrogens with zero attached hydrogens (tertiary/aromatic N) is 1. The normalized spacial score (nSPS) is 10.7. The van der Waals surface area contributed by atoms with Crippen LogP contribution >= 0.6 is 0 Å². The number of oxazole rings is 1. The molecule has 6 nitrogen and oxygen atoms in total. The number of aromatic nitrogens is 1. The lowest BCUT2D eigenvalue weighted by Gasteiger charge is -2.06. The molecule has 0 aliphatic carbocycles. The van der Waals surface area contributed by atoms with Crippen molar-refractivity contribution in [2.24, 2.45) is 0 Å². The largest absolute Gasteiger partial charge is 0.420 e. The summed E-state index contributed by atoms with van der Waals surface area (Å²) in [5, 5.41) is 2.69. The summed E-state index contributed by atoms with van der Waals surface area (Å²) in [6, 6.07) is 6.99. The molecule has 1 aromatic heterocycles. The molecule has 1 heterocycles. The minimum atomic E-state index is -0.537. The van der Waals surface area contributed by atoms with Crippen molar-refractivity contribution in [2.45, 2.75) is 13.5 Å². The number of benzene rings is 1. The predicted octanol–water partition coefficient (Wildman–Crippen LogP) is 1.30. The average molecular weight is 290 g/mol. The first kappa shape index (κ1) is 15.1. The molecule has 2 rings (SSSR count). The summed E-state index contributed by atoms with van der Waals surface area (Å²) in [6.07, 6.45) is 0. The van der Waals surface area contributed by atoms with Crippen LogP contribution in [0.1, 0.15) is 6.92 Å². The van der Waals surface area contributed by atoms with E-state index in [9.17, 15) is 9.59 Å². The van der Waals surface area contributed by atoms with E-state index in [0.717, 1.165) is 5.57 Å². The van der Waals surface area contributed by atoms with Gasteiger partial charge in [0.15, 0.2) is 5.58 Å². The van der Waals surface area contributed by atoms with E-state index in [1.54, 1.807) is 24.3 Å². The van der Waals surface area contributed by atoms with Crippen LogP contribution in [0.5, 0.6) is 0 Å². The van der Waals surface area contributed by atoms with Gasteiger partial charge in [-0.3, -0.25) is 9.36 Å². The molecule has 0 radical (unpaired) electrons.